The van der Waals surface area contributed by atoms with Crippen LogP contribution in [0.5, 0.6) is 0 Å². The lowest BCUT2D eigenvalue weighted by Crippen LogP contribution is -2.30. The molecule has 0 bridgehead atoms. The highest BCUT2D eigenvalue weighted by Gasteiger charge is 2.19. The van der Waals surface area contributed by atoms with E-state index < -0.39 is 6.10 Å². The number of carbonyl (C=O) groups is 3. The molecule has 6 heteroatoms. The van der Waals surface area contributed by atoms with Gasteiger partial charge in [-0.05, 0) is 57.8 Å². The van der Waals surface area contributed by atoms with Crippen LogP contribution in [0, 0.1) is 0 Å². The van der Waals surface area contributed by atoms with E-state index in [1.54, 1.807) is 0 Å². The summed E-state index contributed by atoms with van der Waals surface area (Å²) in [6, 6.07) is 0. The molecule has 0 aromatic carbocycles. The first-order valence-corrected chi connectivity index (χ1v) is 29.6. The van der Waals surface area contributed by atoms with Crippen molar-refractivity contribution in [3.05, 3.63) is 48.6 Å². The topological polar surface area (TPSA) is 78.9 Å². The highest BCUT2D eigenvalue weighted by molar-refractivity contribution is 5.71. The van der Waals surface area contributed by atoms with E-state index in [0.717, 1.165) is 96.3 Å². The van der Waals surface area contributed by atoms with Crippen LogP contribution in [0.25, 0.3) is 0 Å². The SMILES string of the molecule is CC/C=C\C/C=C\C/C=C\C/C=C\CCCCCCCCC(=O)OC(COC(=O)CCCCCCCCC)COC(=O)CCCCCCCCCCCCCCCCCCCCCCCCCC. The van der Waals surface area contributed by atoms with E-state index in [9.17, 15) is 14.4 Å². The summed E-state index contributed by atoms with van der Waals surface area (Å²) in [6.45, 7) is 6.51. The predicted molar refractivity (Wildman–Crippen MR) is 293 cm³/mol. The van der Waals surface area contributed by atoms with Gasteiger partial charge in [-0.2, -0.15) is 0 Å². The molecule has 0 aromatic rings. The summed E-state index contributed by atoms with van der Waals surface area (Å²) in [5.74, 6) is -0.882. The molecule has 396 valence electrons. The molecule has 0 saturated carbocycles. The van der Waals surface area contributed by atoms with Crippen LogP contribution in [0.4, 0.5) is 0 Å². The van der Waals surface area contributed by atoms with Gasteiger partial charge < -0.3 is 14.2 Å². The third-order valence-corrected chi connectivity index (χ3v) is 13.1. The van der Waals surface area contributed by atoms with Crippen molar-refractivity contribution in [3.63, 3.8) is 0 Å². The number of allylic oxidation sites excluding steroid dienone is 8. The van der Waals surface area contributed by atoms with Crippen molar-refractivity contribution in [2.24, 2.45) is 0 Å². The highest BCUT2D eigenvalue weighted by atomic mass is 16.6. The molecule has 0 spiro atoms. The van der Waals surface area contributed by atoms with Gasteiger partial charge >= 0.3 is 17.9 Å². The van der Waals surface area contributed by atoms with Gasteiger partial charge in [0, 0.05) is 19.3 Å². The first-order valence-electron chi connectivity index (χ1n) is 29.6. The highest BCUT2D eigenvalue weighted by Crippen LogP contribution is 2.17. The van der Waals surface area contributed by atoms with Crippen molar-refractivity contribution in [1.29, 1.82) is 0 Å². The van der Waals surface area contributed by atoms with E-state index in [1.807, 2.05) is 0 Å². The summed E-state index contributed by atoms with van der Waals surface area (Å²) in [7, 11) is 0. The Bertz CT molecular complexity index is 1190. The summed E-state index contributed by atoms with van der Waals surface area (Å²) in [6.07, 6.45) is 69.9. The molecule has 0 amide bonds. The number of unbranched alkanes of at least 4 members (excludes halogenated alkanes) is 35. The summed E-state index contributed by atoms with van der Waals surface area (Å²) in [5, 5.41) is 0. The number of ether oxygens (including phenoxy) is 3. The molecule has 0 aliphatic heterocycles. The largest absolute Gasteiger partial charge is 0.462 e. The van der Waals surface area contributed by atoms with Crippen molar-refractivity contribution in [2.45, 2.75) is 316 Å². The molecule has 0 saturated heterocycles. The van der Waals surface area contributed by atoms with Gasteiger partial charge in [-0.15, -0.1) is 0 Å². The molecule has 1 unspecified atom stereocenters. The summed E-state index contributed by atoms with van der Waals surface area (Å²) in [4.78, 5) is 38.0. The molecular formula is C62H112O6. The minimum Gasteiger partial charge on any atom is -0.462 e. The van der Waals surface area contributed by atoms with E-state index in [-0.39, 0.29) is 31.1 Å². The fourth-order valence-corrected chi connectivity index (χ4v) is 8.67. The van der Waals surface area contributed by atoms with E-state index in [0.29, 0.717) is 19.3 Å². The van der Waals surface area contributed by atoms with Crippen LogP contribution >= 0.6 is 0 Å². The van der Waals surface area contributed by atoms with Gasteiger partial charge in [0.2, 0.25) is 0 Å². The second kappa shape index (κ2) is 57.0. The Hall–Kier alpha value is -2.63. The molecule has 0 radical (unpaired) electrons. The molecule has 0 aromatic heterocycles. The lowest BCUT2D eigenvalue weighted by atomic mass is 10.0. The second-order valence-corrected chi connectivity index (χ2v) is 19.9. The molecule has 6 nitrogen and oxygen atoms in total. The van der Waals surface area contributed by atoms with E-state index in [4.69, 9.17) is 14.2 Å². The fourth-order valence-electron chi connectivity index (χ4n) is 8.67. The Morgan fingerprint density at radius 1 is 0.309 bits per heavy atom. The van der Waals surface area contributed by atoms with Crippen LogP contribution < -0.4 is 0 Å². The minimum atomic E-state index is -0.776. The number of rotatable bonds is 54. The van der Waals surface area contributed by atoms with Gasteiger partial charge in [0.25, 0.3) is 0 Å². The van der Waals surface area contributed by atoms with Crippen LogP contribution in [-0.2, 0) is 28.6 Å². The Morgan fingerprint density at radius 2 is 0.574 bits per heavy atom. The summed E-state index contributed by atoms with van der Waals surface area (Å²) < 4.78 is 16.8. The number of esters is 3. The van der Waals surface area contributed by atoms with Crippen LogP contribution in [0.15, 0.2) is 48.6 Å². The van der Waals surface area contributed by atoms with Crippen molar-refractivity contribution in [3.8, 4) is 0 Å². The maximum Gasteiger partial charge on any atom is 0.306 e. The molecule has 0 aliphatic rings. The van der Waals surface area contributed by atoms with Gasteiger partial charge in [0.15, 0.2) is 6.10 Å². The molecule has 68 heavy (non-hydrogen) atoms. The first-order chi connectivity index (χ1) is 33.5. The number of hydrogen-bond donors (Lipinski definition) is 0. The first kappa shape index (κ1) is 65.4. The quantitative estimate of drug-likeness (QED) is 0.0262. The van der Waals surface area contributed by atoms with Gasteiger partial charge in [0.1, 0.15) is 13.2 Å². The Labute approximate surface area is 422 Å². The predicted octanol–water partition coefficient (Wildman–Crippen LogP) is 19.8. The third kappa shape index (κ3) is 54.3. The Kier molecular flexibility index (Phi) is 54.8. The molecule has 0 aliphatic carbocycles. The van der Waals surface area contributed by atoms with E-state index in [1.165, 1.54) is 173 Å². The Balaban J connectivity index is 4.14. The average molecular weight is 954 g/mol. The zero-order chi connectivity index (χ0) is 49.3. The van der Waals surface area contributed by atoms with E-state index >= 15 is 0 Å². The van der Waals surface area contributed by atoms with Crippen LogP contribution in [-0.4, -0.2) is 37.2 Å². The smallest absolute Gasteiger partial charge is 0.306 e. The lowest BCUT2D eigenvalue weighted by Gasteiger charge is -2.18. The zero-order valence-corrected chi connectivity index (χ0v) is 45.4. The van der Waals surface area contributed by atoms with E-state index in [2.05, 4.69) is 69.4 Å². The standard InChI is InChI=1S/C62H112O6/c1-4-7-10-13-16-18-20-22-24-26-28-29-30-31-32-34-35-37-39-41-43-46-49-52-55-61(64)67-58-59(57-66-60(63)54-51-48-45-15-12-9-6-3)68-62(65)56-53-50-47-44-42-40-38-36-33-27-25-23-21-19-17-14-11-8-5-2/h8,11,17,19,23,25,33,36,59H,4-7,9-10,12-16,18,20-22,24,26-32,34-35,37-58H2,1-3H3/b11-8-,19-17-,25-23-,36-33-. The van der Waals surface area contributed by atoms with Crippen molar-refractivity contribution >= 4 is 17.9 Å². The maximum atomic E-state index is 12.8. The second-order valence-electron chi connectivity index (χ2n) is 19.9. The lowest BCUT2D eigenvalue weighted by molar-refractivity contribution is -0.167. The number of hydrogen-bond acceptors (Lipinski definition) is 6. The number of carbonyl (C=O) groups excluding carboxylic acids is 3. The van der Waals surface area contributed by atoms with Gasteiger partial charge in [-0.25, -0.2) is 0 Å². The van der Waals surface area contributed by atoms with Crippen LogP contribution in [0.1, 0.15) is 310 Å². The minimum absolute atomic E-state index is 0.0754. The third-order valence-electron chi connectivity index (χ3n) is 13.1. The monoisotopic (exact) mass is 953 g/mol. The molecule has 1 atom stereocenters. The van der Waals surface area contributed by atoms with Crippen LogP contribution in [0.3, 0.4) is 0 Å². The maximum absolute atomic E-state index is 12.8. The van der Waals surface area contributed by atoms with Crippen molar-refractivity contribution in [2.75, 3.05) is 13.2 Å². The normalized spacial score (nSPS) is 12.3. The summed E-state index contributed by atoms with van der Waals surface area (Å²) in [5.41, 5.74) is 0. The molecule has 0 rings (SSSR count). The molecule has 0 N–H and O–H groups in total. The van der Waals surface area contributed by atoms with Gasteiger partial charge in [0.05, 0.1) is 0 Å². The Morgan fingerprint density at radius 3 is 0.897 bits per heavy atom. The molecule has 0 heterocycles. The van der Waals surface area contributed by atoms with Crippen molar-refractivity contribution in [1.82, 2.24) is 0 Å². The molecule has 0 fully saturated rings. The average Bonchev–Trinajstić information content (AvgIpc) is 3.34. The van der Waals surface area contributed by atoms with Crippen LogP contribution in [0.2, 0.25) is 0 Å². The molecular weight excluding hydrogens is 841 g/mol. The van der Waals surface area contributed by atoms with Gasteiger partial charge in [-0.3, -0.25) is 14.4 Å². The van der Waals surface area contributed by atoms with Gasteiger partial charge in [-0.1, -0.05) is 281 Å². The van der Waals surface area contributed by atoms with Crippen molar-refractivity contribution < 1.29 is 28.6 Å². The zero-order valence-electron chi connectivity index (χ0n) is 45.4. The summed E-state index contributed by atoms with van der Waals surface area (Å²) >= 11 is 0. The fraction of sp³-hybridized carbons (Fsp3) is 0.823.